The van der Waals surface area contributed by atoms with Crippen molar-refractivity contribution >= 4 is 5.69 Å². The molecule has 158 valence electrons. The van der Waals surface area contributed by atoms with Crippen molar-refractivity contribution in [3.05, 3.63) is 69.3 Å². The number of benzene rings is 2. The Hall–Kier alpha value is -2.44. The first-order valence-electron chi connectivity index (χ1n) is 9.85. The van der Waals surface area contributed by atoms with Crippen LogP contribution in [0.5, 0.6) is 5.75 Å². The van der Waals surface area contributed by atoms with E-state index in [1.54, 1.807) is 12.1 Å². The number of rotatable bonds is 8. The van der Waals surface area contributed by atoms with Crippen LogP contribution in [0.4, 0.5) is 5.69 Å². The van der Waals surface area contributed by atoms with Crippen LogP contribution in [0.1, 0.15) is 37.5 Å². The van der Waals surface area contributed by atoms with Gasteiger partial charge in [0.15, 0.2) is 0 Å². The third kappa shape index (κ3) is 6.84. The molecular weight excluding hydrogens is 368 g/mol. The molecule has 2 rings (SSSR count). The highest BCUT2D eigenvalue weighted by molar-refractivity contribution is 5.41. The molecule has 0 radical (unpaired) electrons. The van der Waals surface area contributed by atoms with Crippen LogP contribution in [0, 0.1) is 17.0 Å². The average Bonchev–Trinajstić information content (AvgIpc) is 2.59. The molecule has 0 bridgehead atoms. The molecule has 0 aliphatic carbocycles. The van der Waals surface area contributed by atoms with Crippen molar-refractivity contribution in [3.63, 3.8) is 0 Å². The first kappa shape index (κ1) is 22.8. The molecule has 0 heterocycles. The molecule has 0 aliphatic heterocycles. The summed E-state index contributed by atoms with van der Waals surface area (Å²) in [6.07, 6.45) is -0.628. The zero-order chi connectivity index (χ0) is 21.8. The number of aliphatic hydroxyl groups is 1. The van der Waals surface area contributed by atoms with Gasteiger partial charge in [-0.3, -0.25) is 10.1 Å². The maximum absolute atomic E-state index is 10.8. The van der Waals surface area contributed by atoms with Crippen molar-refractivity contribution in [2.24, 2.45) is 0 Å². The standard InChI is InChI=1S/C23H33N2O4/c1-17-7-12-22(21(13-17)23(2,3)4)29-16-20(26)15-25(5,6)14-18-8-10-19(11-9-18)24(27)28/h7-13,20,26H,14-16H2,1-6H3/q+1/t20-/m1/s1. The Kier molecular flexibility index (Phi) is 7.03. The molecule has 0 unspecified atom stereocenters. The molecule has 0 fully saturated rings. The Morgan fingerprint density at radius 3 is 2.31 bits per heavy atom. The van der Waals surface area contributed by atoms with E-state index in [1.165, 1.54) is 17.7 Å². The Balaban J connectivity index is 1.98. The Labute approximate surface area is 173 Å². The quantitative estimate of drug-likeness (QED) is 0.408. The maximum atomic E-state index is 10.8. The second kappa shape index (κ2) is 8.93. The monoisotopic (exact) mass is 401 g/mol. The van der Waals surface area contributed by atoms with E-state index in [0.717, 1.165) is 16.9 Å². The summed E-state index contributed by atoms with van der Waals surface area (Å²) >= 11 is 0. The molecule has 0 aliphatic rings. The second-order valence-corrected chi connectivity index (χ2v) is 9.41. The molecule has 29 heavy (non-hydrogen) atoms. The number of hydrogen-bond donors (Lipinski definition) is 1. The number of nitro groups is 1. The summed E-state index contributed by atoms with van der Waals surface area (Å²) in [4.78, 5) is 10.4. The third-order valence-corrected chi connectivity index (χ3v) is 4.84. The highest BCUT2D eigenvalue weighted by Gasteiger charge is 2.24. The lowest BCUT2D eigenvalue weighted by atomic mass is 9.85. The molecule has 0 spiro atoms. The molecule has 6 heteroatoms. The van der Waals surface area contributed by atoms with Gasteiger partial charge in [0.1, 0.15) is 31.5 Å². The van der Waals surface area contributed by atoms with E-state index in [1.807, 2.05) is 26.2 Å². The van der Waals surface area contributed by atoms with Gasteiger partial charge in [0, 0.05) is 17.7 Å². The Morgan fingerprint density at radius 2 is 1.76 bits per heavy atom. The van der Waals surface area contributed by atoms with Gasteiger partial charge in [-0.15, -0.1) is 0 Å². The van der Waals surface area contributed by atoms with Crippen molar-refractivity contribution in [1.29, 1.82) is 0 Å². The van der Waals surface area contributed by atoms with Gasteiger partial charge in [-0.05, 0) is 36.1 Å². The summed E-state index contributed by atoms with van der Waals surface area (Å²) in [6, 6.07) is 12.7. The normalized spacial score (nSPS) is 13.2. The Morgan fingerprint density at radius 1 is 1.14 bits per heavy atom. The highest BCUT2D eigenvalue weighted by atomic mass is 16.6. The van der Waals surface area contributed by atoms with Crippen LogP contribution in [-0.4, -0.2) is 47.9 Å². The van der Waals surface area contributed by atoms with E-state index in [4.69, 9.17) is 4.74 Å². The number of ether oxygens (including phenoxy) is 1. The lowest BCUT2D eigenvalue weighted by Gasteiger charge is -2.32. The molecule has 0 saturated heterocycles. The van der Waals surface area contributed by atoms with E-state index in [2.05, 4.69) is 33.8 Å². The summed E-state index contributed by atoms with van der Waals surface area (Å²) < 4.78 is 6.53. The van der Waals surface area contributed by atoms with Crippen molar-refractivity contribution in [1.82, 2.24) is 0 Å². The second-order valence-electron chi connectivity index (χ2n) is 9.41. The van der Waals surface area contributed by atoms with Crippen LogP contribution in [0.3, 0.4) is 0 Å². The highest BCUT2D eigenvalue weighted by Crippen LogP contribution is 2.32. The van der Waals surface area contributed by atoms with Crippen LogP contribution in [0.2, 0.25) is 0 Å². The largest absolute Gasteiger partial charge is 0.490 e. The molecule has 0 aromatic heterocycles. The molecule has 0 saturated carbocycles. The summed E-state index contributed by atoms with van der Waals surface area (Å²) in [5.41, 5.74) is 3.34. The zero-order valence-electron chi connectivity index (χ0n) is 18.3. The minimum absolute atomic E-state index is 0.0441. The zero-order valence-corrected chi connectivity index (χ0v) is 18.3. The minimum Gasteiger partial charge on any atom is -0.490 e. The molecule has 0 amide bonds. The first-order chi connectivity index (χ1) is 13.4. The van der Waals surface area contributed by atoms with Crippen LogP contribution in [0.15, 0.2) is 42.5 Å². The van der Waals surface area contributed by atoms with Crippen LogP contribution in [-0.2, 0) is 12.0 Å². The average molecular weight is 402 g/mol. The van der Waals surface area contributed by atoms with Gasteiger partial charge in [-0.25, -0.2) is 0 Å². The number of nitrogens with zero attached hydrogens (tertiary/aromatic N) is 2. The van der Waals surface area contributed by atoms with Gasteiger partial charge in [-0.1, -0.05) is 38.5 Å². The summed E-state index contributed by atoms with van der Waals surface area (Å²) in [5, 5.41) is 21.4. The smallest absolute Gasteiger partial charge is 0.269 e. The summed E-state index contributed by atoms with van der Waals surface area (Å²) in [5.74, 6) is 0.808. The Bertz CT molecular complexity index is 839. The third-order valence-electron chi connectivity index (χ3n) is 4.84. The van der Waals surface area contributed by atoms with E-state index in [0.29, 0.717) is 17.6 Å². The van der Waals surface area contributed by atoms with E-state index in [-0.39, 0.29) is 17.7 Å². The number of nitro benzene ring substituents is 1. The number of aliphatic hydroxyl groups excluding tert-OH is 1. The predicted octanol–water partition coefficient (Wildman–Crippen LogP) is 4.22. The molecule has 6 nitrogen and oxygen atoms in total. The molecule has 2 aromatic rings. The minimum atomic E-state index is -0.628. The van der Waals surface area contributed by atoms with Crippen molar-refractivity contribution in [3.8, 4) is 5.75 Å². The SMILES string of the molecule is Cc1ccc(OC[C@H](O)C[N+](C)(C)Cc2ccc([N+](=O)[O-])cc2)c(C(C)(C)C)c1. The number of quaternary nitrogens is 1. The van der Waals surface area contributed by atoms with E-state index < -0.39 is 11.0 Å². The van der Waals surface area contributed by atoms with Crippen molar-refractivity contribution in [2.75, 3.05) is 27.2 Å². The number of aryl methyl sites for hydroxylation is 1. The fourth-order valence-electron chi connectivity index (χ4n) is 3.45. The van der Waals surface area contributed by atoms with E-state index in [9.17, 15) is 15.2 Å². The molecular formula is C23H33N2O4+. The van der Waals surface area contributed by atoms with Crippen molar-refractivity contribution < 1.29 is 19.2 Å². The lowest BCUT2D eigenvalue weighted by molar-refractivity contribution is -0.906. The fraction of sp³-hybridized carbons (Fsp3) is 0.478. The predicted molar refractivity (Wildman–Crippen MR) is 115 cm³/mol. The summed E-state index contributed by atoms with van der Waals surface area (Å²) in [6.45, 7) is 9.89. The van der Waals surface area contributed by atoms with Gasteiger partial charge >= 0.3 is 0 Å². The lowest BCUT2D eigenvalue weighted by Crippen LogP contribution is -2.46. The van der Waals surface area contributed by atoms with Crippen LogP contribution < -0.4 is 4.74 Å². The summed E-state index contributed by atoms with van der Waals surface area (Å²) in [7, 11) is 4.05. The van der Waals surface area contributed by atoms with E-state index >= 15 is 0 Å². The van der Waals surface area contributed by atoms with Crippen LogP contribution >= 0.6 is 0 Å². The van der Waals surface area contributed by atoms with Gasteiger partial charge < -0.3 is 14.3 Å². The van der Waals surface area contributed by atoms with Crippen molar-refractivity contribution in [2.45, 2.75) is 45.8 Å². The van der Waals surface area contributed by atoms with Gasteiger partial charge in [0.25, 0.3) is 5.69 Å². The topological polar surface area (TPSA) is 72.6 Å². The molecule has 1 atom stereocenters. The number of non-ortho nitro benzene ring substituents is 1. The van der Waals surface area contributed by atoms with Gasteiger partial charge in [-0.2, -0.15) is 0 Å². The molecule has 2 aromatic carbocycles. The number of likely N-dealkylation sites (N-methyl/N-ethyl adjacent to an activating group) is 1. The fourth-order valence-corrected chi connectivity index (χ4v) is 3.45. The number of hydrogen-bond acceptors (Lipinski definition) is 4. The van der Waals surface area contributed by atoms with Gasteiger partial charge in [0.05, 0.1) is 19.0 Å². The maximum Gasteiger partial charge on any atom is 0.269 e. The molecule has 1 N–H and O–H groups in total. The first-order valence-corrected chi connectivity index (χ1v) is 9.85. The van der Waals surface area contributed by atoms with Crippen LogP contribution in [0.25, 0.3) is 0 Å². The van der Waals surface area contributed by atoms with Gasteiger partial charge in [0.2, 0.25) is 0 Å².